The summed E-state index contributed by atoms with van der Waals surface area (Å²) < 4.78 is 40.5. The molecular weight excluding hydrogens is 435 g/mol. The van der Waals surface area contributed by atoms with Crippen molar-refractivity contribution >= 4 is 11.8 Å². The molecule has 5 rings (SSSR count). The molecule has 3 saturated heterocycles. The molecule has 0 radical (unpaired) electrons. The van der Waals surface area contributed by atoms with Crippen LogP contribution >= 0.6 is 0 Å². The SMILES string of the molecule is CC(c1ccccc1C(F)(F)F)N1C(=O)[C@@H]2C[C@@H]1CN2CC(N)C(=O)N1C(C#N)C[C@@H]2C[C@@H]21. The molecule has 7 nitrogen and oxygen atoms in total. The van der Waals surface area contributed by atoms with E-state index in [2.05, 4.69) is 6.07 Å². The molecule has 2 bridgehead atoms. The molecule has 4 fully saturated rings. The number of piperazine rings is 1. The van der Waals surface area contributed by atoms with Gasteiger partial charge < -0.3 is 15.5 Å². The summed E-state index contributed by atoms with van der Waals surface area (Å²) in [6.45, 7) is 2.28. The lowest BCUT2D eigenvalue weighted by atomic mass is 9.99. The van der Waals surface area contributed by atoms with E-state index in [1.807, 2.05) is 4.90 Å². The molecule has 4 aliphatic rings. The van der Waals surface area contributed by atoms with Gasteiger partial charge in [0.15, 0.2) is 0 Å². The molecule has 0 spiro atoms. The quantitative estimate of drug-likeness (QED) is 0.723. The number of fused-ring (bicyclic) bond motifs is 3. The van der Waals surface area contributed by atoms with Gasteiger partial charge in [0.2, 0.25) is 11.8 Å². The molecule has 1 saturated carbocycles. The average Bonchev–Trinajstić information content (AvgIpc) is 3.11. The molecule has 176 valence electrons. The highest BCUT2D eigenvalue weighted by Crippen LogP contribution is 2.48. The number of benzene rings is 1. The van der Waals surface area contributed by atoms with Gasteiger partial charge in [-0.2, -0.15) is 18.4 Å². The predicted octanol–water partition coefficient (Wildman–Crippen LogP) is 1.89. The van der Waals surface area contributed by atoms with Gasteiger partial charge in [0, 0.05) is 25.2 Å². The zero-order valence-electron chi connectivity index (χ0n) is 18.2. The molecular formula is C23H26F3N5O2. The largest absolute Gasteiger partial charge is 0.416 e. The van der Waals surface area contributed by atoms with E-state index in [-0.39, 0.29) is 36.0 Å². The third-order valence-electron chi connectivity index (χ3n) is 7.70. The minimum absolute atomic E-state index is 0.0832. The van der Waals surface area contributed by atoms with Crippen molar-refractivity contribution in [1.29, 1.82) is 5.26 Å². The Hall–Kier alpha value is -2.64. The van der Waals surface area contributed by atoms with E-state index < -0.39 is 35.9 Å². The number of hydrogen-bond acceptors (Lipinski definition) is 5. The Labute approximate surface area is 189 Å². The summed E-state index contributed by atoms with van der Waals surface area (Å²) in [5.74, 6) is -0.0930. The van der Waals surface area contributed by atoms with Crippen LogP contribution in [-0.4, -0.2) is 69.8 Å². The molecule has 2 N–H and O–H groups in total. The Morgan fingerprint density at radius 3 is 2.67 bits per heavy atom. The lowest BCUT2D eigenvalue weighted by Crippen LogP contribution is -2.57. The van der Waals surface area contributed by atoms with Crippen LogP contribution in [0.25, 0.3) is 0 Å². The first-order valence-corrected chi connectivity index (χ1v) is 11.3. The van der Waals surface area contributed by atoms with Crippen molar-refractivity contribution in [1.82, 2.24) is 14.7 Å². The van der Waals surface area contributed by atoms with Crippen LogP contribution in [0.3, 0.4) is 0 Å². The van der Waals surface area contributed by atoms with E-state index in [0.717, 1.165) is 12.5 Å². The fourth-order valence-electron chi connectivity index (χ4n) is 6.08. The van der Waals surface area contributed by atoms with Gasteiger partial charge in [0.05, 0.1) is 29.8 Å². The van der Waals surface area contributed by atoms with Crippen molar-refractivity contribution in [2.24, 2.45) is 11.7 Å². The molecule has 2 amide bonds. The molecule has 0 aromatic heterocycles. The smallest absolute Gasteiger partial charge is 0.330 e. The Morgan fingerprint density at radius 1 is 1.27 bits per heavy atom. The number of nitrogens with two attached hydrogens (primary N) is 1. The fourth-order valence-corrected chi connectivity index (χ4v) is 6.08. The standard InChI is InChI=1S/C23H26F3N5O2/c1-12(16-4-2-3-5-17(16)23(24,25)26)30-15-8-20(22(30)33)29(10-15)11-18(28)21(32)31-14(9-27)6-13-7-19(13)31/h2-5,12-15,18-20H,6-8,10-11,28H2,1H3/t12?,13-,14?,15-,18?,19+,20+/m1/s1. The van der Waals surface area contributed by atoms with Gasteiger partial charge in [0.25, 0.3) is 0 Å². The fraction of sp³-hybridized carbons (Fsp3) is 0.609. The van der Waals surface area contributed by atoms with Crippen LogP contribution in [0.1, 0.15) is 43.4 Å². The minimum Gasteiger partial charge on any atom is -0.330 e. The number of nitrogens with zero attached hydrogens (tertiary/aromatic N) is 4. The second-order valence-corrected chi connectivity index (χ2v) is 9.66. The van der Waals surface area contributed by atoms with Crippen LogP contribution in [0.2, 0.25) is 0 Å². The molecule has 1 aromatic rings. The van der Waals surface area contributed by atoms with Crippen molar-refractivity contribution in [3.63, 3.8) is 0 Å². The third kappa shape index (κ3) is 3.58. The van der Waals surface area contributed by atoms with E-state index in [0.29, 0.717) is 25.3 Å². The normalized spacial score (nSPS) is 32.6. The molecule has 3 unspecified atom stereocenters. The van der Waals surface area contributed by atoms with Crippen molar-refractivity contribution in [3.05, 3.63) is 35.4 Å². The molecule has 7 atom stereocenters. The first-order valence-electron chi connectivity index (χ1n) is 11.3. The van der Waals surface area contributed by atoms with Gasteiger partial charge in [0.1, 0.15) is 6.04 Å². The van der Waals surface area contributed by atoms with Gasteiger partial charge in [-0.15, -0.1) is 0 Å². The van der Waals surface area contributed by atoms with E-state index in [4.69, 9.17) is 5.73 Å². The number of halogens is 3. The van der Waals surface area contributed by atoms with Crippen molar-refractivity contribution < 1.29 is 22.8 Å². The Morgan fingerprint density at radius 2 is 2.00 bits per heavy atom. The number of amides is 2. The monoisotopic (exact) mass is 461 g/mol. The number of carbonyl (C=O) groups is 2. The van der Waals surface area contributed by atoms with Gasteiger partial charge in [-0.05, 0) is 43.7 Å². The van der Waals surface area contributed by atoms with Crippen LogP contribution in [0.15, 0.2) is 24.3 Å². The summed E-state index contributed by atoms with van der Waals surface area (Å²) >= 11 is 0. The molecule has 10 heteroatoms. The molecule has 3 heterocycles. The summed E-state index contributed by atoms with van der Waals surface area (Å²) in [4.78, 5) is 31.1. The van der Waals surface area contributed by atoms with Crippen molar-refractivity contribution in [2.45, 2.75) is 68.6 Å². The van der Waals surface area contributed by atoms with Gasteiger partial charge in [-0.25, -0.2) is 0 Å². The molecule has 1 aliphatic carbocycles. The van der Waals surface area contributed by atoms with Crippen molar-refractivity contribution in [3.8, 4) is 6.07 Å². The number of piperidine rings is 1. The van der Waals surface area contributed by atoms with Crippen molar-refractivity contribution in [2.75, 3.05) is 13.1 Å². The average molecular weight is 461 g/mol. The number of alkyl halides is 3. The van der Waals surface area contributed by atoms with Crippen LogP contribution in [0, 0.1) is 17.2 Å². The lowest BCUT2D eigenvalue weighted by Gasteiger charge is -2.39. The summed E-state index contributed by atoms with van der Waals surface area (Å²) in [6, 6.07) is 4.93. The second kappa shape index (κ2) is 7.71. The summed E-state index contributed by atoms with van der Waals surface area (Å²) in [5, 5.41) is 9.34. The van der Waals surface area contributed by atoms with E-state index in [1.54, 1.807) is 22.8 Å². The number of rotatable bonds is 5. The van der Waals surface area contributed by atoms with E-state index in [1.165, 1.54) is 12.1 Å². The predicted molar refractivity (Wildman–Crippen MR) is 111 cm³/mol. The first kappa shape index (κ1) is 22.2. The zero-order valence-corrected chi connectivity index (χ0v) is 18.2. The van der Waals surface area contributed by atoms with Crippen LogP contribution in [0.5, 0.6) is 0 Å². The summed E-state index contributed by atoms with van der Waals surface area (Å²) in [5.41, 5.74) is 5.57. The van der Waals surface area contributed by atoms with E-state index >= 15 is 0 Å². The van der Waals surface area contributed by atoms with Gasteiger partial charge in [-0.3, -0.25) is 14.5 Å². The van der Waals surface area contributed by atoms with E-state index in [9.17, 15) is 28.0 Å². The highest BCUT2D eigenvalue weighted by atomic mass is 19.4. The lowest BCUT2D eigenvalue weighted by molar-refractivity contribution is -0.143. The molecule has 33 heavy (non-hydrogen) atoms. The third-order valence-corrected chi connectivity index (χ3v) is 7.70. The summed E-state index contributed by atoms with van der Waals surface area (Å²) in [7, 11) is 0. The second-order valence-electron chi connectivity index (χ2n) is 9.66. The maximum absolute atomic E-state index is 13.5. The maximum atomic E-state index is 13.5. The number of nitriles is 1. The molecule has 3 aliphatic heterocycles. The molecule has 1 aromatic carbocycles. The highest BCUT2D eigenvalue weighted by molar-refractivity contribution is 5.87. The van der Waals surface area contributed by atoms with Crippen LogP contribution < -0.4 is 5.73 Å². The Kier molecular flexibility index (Phi) is 5.18. The number of hydrogen-bond donors (Lipinski definition) is 1. The zero-order chi connectivity index (χ0) is 23.7. The van der Waals surface area contributed by atoms with Gasteiger partial charge >= 0.3 is 6.18 Å². The highest BCUT2D eigenvalue weighted by Gasteiger charge is 2.56. The number of likely N-dealkylation sites (tertiary alicyclic amines) is 3. The topological polar surface area (TPSA) is 93.7 Å². The first-order chi connectivity index (χ1) is 15.6. The van der Waals surface area contributed by atoms with Crippen LogP contribution in [-0.2, 0) is 15.8 Å². The summed E-state index contributed by atoms with van der Waals surface area (Å²) in [6.07, 6.45) is -2.38. The Balaban J connectivity index is 1.26. The maximum Gasteiger partial charge on any atom is 0.416 e. The Bertz CT molecular complexity index is 1020. The van der Waals surface area contributed by atoms with Gasteiger partial charge in [-0.1, -0.05) is 18.2 Å². The minimum atomic E-state index is -4.50. The van der Waals surface area contributed by atoms with Crippen LogP contribution in [0.4, 0.5) is 13.2 Å². The number of carbonyl (C=O) groups excluding carboxylic acids is 2.